The van der Waals surface area contributed by atoms with E-state index in [-0.39, 0.29) is 36.4 Å². The maximum absolute atomic E-state index is 11.6. The third kappa shape index (κ3) is 11.7. The highest BCUT2D eigenvalue weighted by Gasteiger charge is 2.07. The van der Waals surface area contributed by atoms with Crippen LogP contribution in [0.25, 0.3) is 0 Å². The lowest BCUT2D eigenvalue weighted by atomic mass is 10.0. The zero-order chi connectivity index (χ0) is 15.4. The number of rotatable bonds is 9. The number of methoxy groups -OCH3 is 1. The molecule has 1 amide bonds. The van der Waals surface area contributed by atoms with Gasteiger partial charge in [0, 0.05) is 34.3 Å². The van der Waals surface area contributed by atoms with Crippen molar-refractivity contribution in [1.29, 1.82) is 0 Å². The molecule has 0 aliphatic rings. The lowest BCUT2D eigenvalue weighted by molar-refractivity contribution is -0.127. The van der Waals surface area contributed by atoms with E-state index in [1.807, 2.05) is 0 Å². The summed E-state index contributed by atoms with van der Waals surface area (Å²) in [5, 5.41) is 6.45. The van der Waals surface area contributed by atoms with Gasteiger partial charge in [0.2, 0.25) is 5.91 Å². The van der Waals surface area contributed by atoms with Gasteiger partial charge in [0.1, 0.15) is 6.54 Å². The number of hydrogen-bond donors (Lipinski definition) is 2. The van der Waals surface area contributed by atoms with Crippen LogP contribution in [0.3, 0.4) is 0 Å². The fourth-order valence-electron chi connectivity index (χ4n) is 1.55. The lowest BCUT2D eigenvalue weighted by Crippen LogP contribution is -2.41. The molecule has 0 aromatic carbocycles. The molecule has 0 spiro atoms. The highest BCUT2D eigenvalue weighted by Crippen LogP contribution is 2.04. The largest absolute Gasteiger partial charge is 0.383 e. The second-order valence-electron chi connectivity index (χ2n) is 4.94. The monoisotopic (exact) mass is 414 g/mol. The summed E-state index contributed by atoms with van der Waals surface area (Å²) in [5.74, 6) is 1.28. The number of amides is 1. The average Bonchev–Trinajstić information content (AvgIpc) is 2.44. The number of carbonyl (C=O) groups is 1. The molecule has 7 heteroatoms. The van der Waals surface area contributed by atoms with Crippen LogP contribution < -0.4 is 10.6 Å². The molecule has 0 aromatic rings. The Morgan fingerprint density at radius 2 is 1.86 bits per heavy atom. The van der Waals surface area contributed by atoms with Crippen molar-refractivity contribution in [2.75, 3.05) is 47.4 Å². The first-order valence-corrected chi connectivity index (χ1v) is 7.26. The Hall–Kier alpha value is -0.570. The van der Waals surface area contributed by atoms with Crippen molar-refractivity contribution in [3.05, 3.63) is 0 Å². The van der Waals surface area contributed by atoms with Gasteiger partial charge >= 0.3 is 0 Å². The van der Waals surface area contributed by atoms with Crippen LogP contribution in [0, 0.1) is 5.92 Å². The molecule has 0 aromatic heterocycles. The normalized spacial score (nSPS) is 11.0. The molecule has 0 aliphatic carbocycles. The molecule has 0 unspecified atom stereocenters. The fraction of sp³-hybridized carbons (Fsp3) is 0.857. The van der Waals surface area contributed by atoms with Crippen LogP contribution in [0.4, 0.5) is 0 Å². The van der Waals surface area contributed by atoms with E-state index in [9.17, 15) is 4.79 Å². The molecule has 0 fully saturated rings. The van der Waals surface area contributed by atoms with Crippen LogP contribution in [-0.2, 0) is 9.53 Å². The van der Waals surface area contributed by atoms with Crippen molar-refractivity contribution in [1.82, 2.24) is 15.5 Å². The average molecular weight is 414 g/mol. The number of halogens is 1. The number of carbonyl (C=O) groups excluding carboxylic acids is 1. The second-order valence-corrected chi connectivity index (χ2v) is 4.94. The number of nitrogens with one attached hydrogen (secondary N) is 2. The van der Waals surface area contributed by atoms with E-state index >= 15 is 0 Å². The van der Waals surface area contributed by atoms with Gasteiger partial charge in [0.05, 0.1) is 6.61 Å². The first-order valence-electron chi connectivity index (χ1n) is 7.26. The Labute approximate surface area is 146 Å². The van der Waals surface area contributed by atoms with Gasteiger partial charge in [-0.3, -0.25) is 4.79 Å². The first-order chi connectivity index (χ1) is 9.54. The maximum Gasteiger partial charge on any atom is 0.243 e. The number of guanidine groups is 1. The Bertz CT molecular complexity index is 295. The maximum atomic E-state index is 11.6. The molecule has 0 aliphatic heterocycles. The van der Waals surface area contributed by atoms with Crippen LogP contribution in [-0.4, -0.2) is 64.2 Å². The molecule has 0 rings (SSSR count). The second kappa shape index (κ2) is 14.4. The van der Waals surface area contributed by atoms with Crippen molar-refractivity contribution in [3.8, 4) is 0 Å². The summed E-state index contributed by atoms with van der Waals surface area (Å²) in [6.45, 7) is 6.65. The highest BCUT2D eigenvalue weighted by atomic mass is 127. The summed E-state index contributed by atoms with van der Waals surface area (Å²) in [6.07, 6.45) is 2.26. The van der Waals surface area contributed by atoms with Crippen molar-refractivity contribution in [2.24, 2.45) is 10.9 Å². The van der Waals surface area contributed by atoms with Gasteiger partial charge in [-0.2, -0.15) is 0 Å². The van der Waals surface area contributed by atoms with E-state index in [0.717, 1.165) is 19.4 Å². The highest BCUT2D eigenvalue weighted by molar-refractivity contribution is 14.0. The number of aliphatic imine (C=N–C) groups is 1. The van der Waals surface area contributed by atoms with Crippen LogP contribution in [0.5, 0.6) is 0 Å². The lowest BCUT2D eigenvalue weighted by Gasteiger charge is -2.17. The number of hydrogen-bond acceptors (Lipinski definition) is 3. The molecule has 0 saturated heterocycles. The van der Waals surface area contributed by atoms with Crippen LogP contribution in [0.15, 0.2) is 4.99 Å². The van der Waals surface area contributed by atoms with Crippen LogP contribution in [0.2, 0.25) is 0 Å². The zero-order valence-electron chi connectivity index (χ0n) is 13.9. The molecule has 21 heavy (non-hydrogen) atoms. The molecule has 0 heterocycles. The molecular weight excluding hydrogens is 383 g/mol. The van der Waals surface area contributed by atoms with Gasteiger partial charge in [0.25, 0.3) is 0 Å². The third-order valence-electron chi connectivity index (χ3n) is 3.18. The van der Waals surface area contributed by atoms with E-state index in [4.69, 9.17) is 4.74 Å². The molecule has 2 N–H and O–H groups in total. The minimum Gasteiger partial charge on any atom is -0.383 e. The number of ether oxygens (including phenoxy) is 1. The third-order valence-corrected chi connectivity index (χ3v) is 3.18. The van der Waals surface area contributed by atoms with Gasteiger partial charge in [-0.1, -0.05) is 26.7 Å². The SMILES string of the molecule is CCC(CC)CNC(=NCC(=O)N(C)C)NCCOC.I. The summed E-state index contributed by atoms with van der Waals surface area (Å²) in [6, 6.07) is 0. The molecule has 0 radical (unpaired) electrons. The van der Waals surface area contributed by atoms with E-state index < -0.39 is 0 Å². The van der Waals surface area contributed by atoms with Gasteiger partial charge < -0.3 is 20.3 Å². The predicted molar refractivity (Wildman–Crippen MR) is 98.4 cm³/mol. The summed E-state index contributed by atoms with van der Waals surface area (Å²) < 4.78 is 5.00. The molecular formula is C14H31IN4O2. The molecule has 126 valence electrons. The van der Waals surface area contributed by atoms with E-state index in [1.165, 1.54) is 4.90 Å². The first kappa shape index (κ1) is 22.7. The van der Waals surface area contributed by atoms with Crippen molar-refractivity contribution in [2.45, 2.75) is 26.7 Å². The minimum absolute atomic E-state index is 0. The van der Waals surface area contributed by atoms with E-state index in [0.29, 0.717) is 25.0 Å². The molecule has 6 nitrogen and oxygen atoms in total. The molecule has 0 saturated carbocycles. The van der Waals surface area contributed by atoms with E-state index in [2.05, 4.69) is 29.5 Å². The fourth-order valence-corrected chi connectivity index (χ4v) is 1.55. The minimum atomic E-state index is -0.0135. The smallest absolute Gasteiger partial charge is 0.243 e. The van der Waals surface area contributed by atoms with Gasteiger partial charge in [-0.15, -0.1) is 24.0 Å². The standard InChI is InChI=1S/C14H30N4O2.HI/c1-6-12(7-2)10-16-14(15-8-9-20-5)17-11-13(19)18(3)4;/h12H,6-11H2,1-5H3,(H2,15,16,17);1H. The predicted octanol–water partition coefficient (Wildman–Crippen LogP) is 1.31. The van der Waals surface area contributed by atoms with Gasteiger partial charge in [-0.25, -0.2) is 4.99 Å². The Morgan fingerprint density at radius 3 is 2.33 bits per heavy atom. The summed E-state index contributed by atoms with van der Waals surface area (Å²) in [4.78, 5) is 17.4. The van der Waals surface area contributed by atoms with Gasteiger partial charge in [-0.05, 0) is 5.92 Å². The number of nitrogens with zero attached hydrogens (tertiary/aromatic N) is 2. The Kier molecular flexibility index (Phi) is 15.5. The van der Waals surface area contributed by atoms with Crippen LogP contribution in [0.1, 0.15) is 26.7 Å². The molecule has 0 atom stereocenters. The van der Waals surface area contributed by atoms with Crippen molar-refractivity contribution < 1.29 is 9.53 Å². The summed E-state index contributed by atoms with van der Waals surface area (Å²) in [7, 11) is 5.12. The Balaban J connectivity index is 0. The van der Waals surface area contributed by atoms with Gasteiger partial charge in [0.15, 0.2) is 5.96 Å². The van der Waals surface area contributed by atoms with Crippen LogP contribution >= 0.6 is 24.0 Å². The van der Waals surface area contributed by atoms with Crippen molar-refractivity contribution >= 4 is 35.8 Å². The summed E-state index contributed by atoms with van der Waals surface area (Å²) >= 11 is 0. The zero-order valence-corrected chi connectivity index (χ0v) is 16.3. The van der Waals surface area contributed by atoms with E-state index in [1.54, 1.807) is 21.2 Å². The Morgan fingerprint density at radius 1 is 1.24 bits per heavy atom. The quantitative estimate of drug-likeness (QED) is 0.259. The number of likely N-dealkylation sites (N-methyl/N-ethyl adjacent to an activating group) is 1. The van der Waals surface area contributed by atoms with Crippen molar-refractivity contribution in [3.63, 3.8) is 0 Å². The summed E-state index contributed by atoms with van der Waals surface area (Å²) in [5.41, 5.74) is 0. The topological polar surface area (TPSA) is 66.0 Å². The molecule has 0 bridgehead atoms.